The van der Waals surface area contributed by atoms with Gasteiger partial charge in [-0.05, 0) is 6.42 Å². The van der Waals surface area contributed by atoms with Crippen LogP contribution in [0.1, 0.15) is 19.8 Å². The maximum absolute atomic E-state index is 13.0. The molecular formula is C9H9F7O2. The summed E-state index contributed by atoms with van der Waals surface area (Å²) in [6.45, 7) is 1.26. The Morgan fingerprint density at radius 3 is 1.94 bits per heavy atom. The Morgan fingerprint density at radius 1 is 1.22 bits per heavy atom. The van der Waals surface area contributed by atoms with E-state index in [0.29, 0.717) is 0 Å². The molecule has 1 unspecified atom stereocenters. The highest BCUT2D eigenvalue weighted by molar-refractivity contribution is 5.89. The first-order chi connectivity index (χ1) is 7.96. The molecule has 0 aromatic heterocycles. The Balaban J connectivity index is 5.66. The zero-order valence-electron chi connectivity index (χ0n) is 8.99. The summed E-state index contributed by atoms with van der Waals surface area (Å²) in [4.78, 5) is 10.1. The van der Waals surface area contributed by atoms with Crippen LogP contribution in [0.2, 0.25) is 0 Å². The van der Waals surface area contributed by atoms with E-state index in [-0.39, 0.29) is 6.42 Å². The normalized spacial score (nSPS) is 16.2. The first-order valence-electron chi connectivity index (χ1n) is 4.68. The molecule has 1 atom stereocenters. The summed E-state index contributed by atoms with van der Waals surface area (Å²) in [6.07, 6.45) is -10.1. The van der Waals surface area contributed by atoms with Crippen molar-refractivity contribution < 1.29 is 40.6 Å². The van der Waals surface area contributed by atoms with Crippen molar-refractivity contribution in [1.29, 1.82) is 0 Å². The number of aliphatic carboxylic acids is 1. The zero-order chi connectivity index (χ0) is 14.7. The van der Waals surface area contributed by atoms with Crippen molar-refractivity contribution in [3.05, 3.63) is 11.4 Å². The quantitative estimate of drug-likeness (QED) is 0.617. The van der Waals surface area contributed by atoms with Crippen LogP contribution in [0.4, 0.5) is 30.7 Å². The number of rotatable bonds is 5. The van der Waals surface area contributed by atoms with Gasteiger partial charge in [0.05, 0.1) is 0 Å². The number of alkyl halides is 6. The Bertz CT molecular complexity index is 345. The van der Waals surface area contributed by atoms with E-state index in [1.54, 1.807) is 0 Å². The van der Waals surface area contributed by atoms with Crippen LogP contribution in [0.15, 0.2) is 11.4 Å². The largest absolute Gasteiger partial charge is 0.478 e. The van der Waals surface area contributed by atoms with E-state index >= 15 is 0 Å². The van der Waals surface area contributed by atoms with Crippen LogP contribution in [0.3, 0.4) is 0 Å². The number of carboxylic acid groups (broad SMARTS) is 1. The smallest absolute Gasteiger partial charge is 0.426 e. The number of allylic oxidation sites excluding steroid dienone is 1. The van der Waals surface area contributed by atoms with Gasteiger partial charge in [0.2, 0.25) is 0 Å². The highest BCUT2D eigenvalue weighted by Crippen LogP contribution is 2.40. The summed E-state index contributed by atoms with van der Waals surface area (Å²) in [7, 11) is 0. The molecule has 18 heavy (non-hydrogen) atoms. The zero-order valence-corrected chi connectivity index (χ0v) is 8.99. The first-order valence-corrected chi connectivity index (χ1v) is 4.68. The van der Waals surface area contributed by atoms with Gasteiger partial charge in [0.1, 0.15) is 0 Å². The van der Waals surface area contributed by atoms with Crippen molar-refractivity contribution in [2.24, 2.45) is 0 Å². The van der Waals surface area contributed by atoms with Crippen molar-refractivity contribution in [3.8, 4) is 0 Å². The first kappa shape index (κ1) is 16.7. The van der Waals surface area contributed by atoms with E-state index < -0.39 is 42.1 Å². The molecule has 106 valence electrons. The molecule has 9 heteroatoms. The molecule has 0 saturated heterocycles. The van der Waals surface area contributed by atoms with Crippen LogP contribution in [-0.4, -0.2) is 29.3 Å². The molecular weight excluding hydrogens is 273 g/mol. The van der Waals surface area contributed by atoms with Crippen molar-refractivity contribution in [2.45, 2.75) is 38.0 Å². The van der Waals surface area contributed by atoms with Gasteiger partial charge >= 0.3 is 18.1 Å². The lowest BCUT2D eigenvalue weighted by Crippen LogP contribution is -2.35. The van der Waals surface area contributed by atoms with Crippen molar-refractivity contribution in [3.63, 3.8) is 0 Å². The molecule has 0 aliphatic rings. The molecule has 0 fully saturated rings. The minimum absolute atomic E-state index is 0.168. The molecule has 0 amide bonds. The molecule has 0 radical (unpaired) electrons. The standard InChI is InChI=1S/C9H9F7O2/c1-2-3-4(10)8(12,13)6(11)5(7(17)18)9(14,15)16/h4H,2-3H2,1H3,(H,17,18). The Labute approximate surface area is 97.1 Å². The second-order valence-electron chi connectivity index (χ2n) is 3.37. The lowest BCUT2D eigenvalue weighted by molar-refractivity contribution is -0.148. The number of hydrogen-bond acceptors (Lipinski definition) is 1. The fourth-order valence-corrected chi connectivity index (χ4v) is 1.08. The number of halogens is 7. The predicted octanol–water partition coefficient (Wildman–Crippen LogP) is 3.63. The van der Waals surface area contributed by atoms with Gasteiger partial charge in [-0.2, -0.15) is 22.0 Å². The highest BCUT2D eigenvalue weighted by atomic mass is 19.4. The van der Waals surface area contributed by atoms with E-state index in [1.165, 1.54) is 6.92 Å². The topological polar surface area (TPSA) is 37.3 Å². The van der Waals surface area contributed by atoms with Crippen molar-refractivity contribution in [2.75, 3.05) is 0 Å². The second-order valence-corrected chi connectivity index (χ2v) is 3.37. The third-order valence-electron chi connectivity index (χ3n) is 1.94. The number of carbonyl (C=O) groups is 1. The van der Waals surface area contributed by atoms with E-state index in [0.717, 1.165) is 0 Å². The fourth-order valence-electron chi connectivity index (χ4n) is 1.08. The molecule has 0 aromatic rings. The monoisotopic (exact) mass is 282 g/mol. The summed E-state index contributed by atoms with van der Waals surface area (Å²) in [5.41, 5.74) is -3.09. The van der Waals surface area contributed by atoms with E-state index in [9.17, 15) is 35.5 Å². The highest BCUT2D eigenvalue weighted by Gasteiger charge is 2.53. The Hall–Kier alpha value is -1.28. The Kier molecular flexibility index (Phi) is 5.18. The molecule has 2 nitrogen and oxygen atoms in total. The molecule has 0 aromatic carbocycles. The Morgan fingerprint density at radius 2 is 1.67 bits per heavy atom. The van der Waals surface area contributed by atoms with Crippen LogP contribution in [0.5, 0.6) is 0 Å². The van der Waals surface area contributed by atoms with Crippen LogP contribution in [0.25, 0.3) is 0 Å². The van der Waals surface area contributed by atoms with Gasteiger partial charge in [-0.15, -0.1) is 0 Å². The van der Waals surface area contributed by atoms with E-state index in [1.807, 2.05) is 0 Å². The maximum atomic E-state index is 13.0. The molecule has 1 N–H and O–H groups in total. The lowest BCUT2D eigenvalue weighted by Gasteiger charge is -2.20. The average Bonchev–Trinajstić information content (AvgIpc) is 2.14. The second kappa shape index (κ2) is 5.57. The van der Waals surface area contributed by atoms with Crippen molar-refractivity contribution in [1.82, 2.24) is 0 Å². The third-order valence-corrected chi connectivity index (χ3v) is 1.94. The van der Waals surface area contributed by atoms with Gasteiger partial charge in [-0.3, -0.25) is 0 Å². The number of carboxylic acids is 1. The molecule has 0 rings (SSSR count). The molecule has 0 saturated carbocycles. The van der Waals surface area contributed by atoms with Gasteiger partial charge in [0, 0.05) is 0 Å². The molecule has 0 aliphatic heterocycles. The van der Waals surface area contributed by atoms with E-state index in [2.05, 4.69) is 0 Å². The SMILES string of the molecule is CCCC(F)C(F)(F)C(F)=C(C(=O)O)C(F)(F)F. The van der Waals surface area contributed by atoms with Crippen LogP contribution < -0.4 is 0 Å². The van der Waals surface area contributed by atoms with Gasteiger partial charge in [0.15, 0.2) is 17.6 Å². The minimum Gasteiger partial charge on any atom is -0.478 e. The maximum Gasteiger partial charge on any atom is 0.426 e. The summed E-state index contributed by atoms with van der Waals surface area (Å²) in [5.74, 6) is -11.4. The third kappa shape index (κ3) is 3.61. The van der Waals surface area contributed by atoms with Crippen LogP contribution in [-0.2, 0) is 4.79 Å². The molecule has 0 bridgehead atoms. The van der Waals surface area contributed by atoms with Crippen molar-refractivity contribution >= 4 is 5.97 Å². The average molecular weight is 282 g/mol. The summed E-state index contributed by atoms with van der Waals surface area (Å²) < 4.78 is 87.9. The fraction of sp³-hybridized carbons (Fsp3) is 0.667. The summed E-state index contributed by atoms with van der Waals surface area (Å²) in [5, 5.41) is 8.08. The minimum atomic E-state index is -5.84. The van der Waals surface area contributed by atoms with Gasteiger partial charge in [0.25, 0.3) is 0 Å². The lowest BCUT2D eigenvalue weighted by atomic mass is 10.0. The van der Waals surface area contributed by atoms with Gasteiger partial charge in [-0.25, -0.2) is 13.6 Å². The number of hydrogen-bond donors (Lipinski definition) is 1. The summed E-state index contributed by atoms with van der Waals surface area (Å²) in [6, 6.07) is 0. The van der Waals surface area contributed by atoms with Crippen LogP contribution in [0, 0.1) is 0 Å². The van der Waals surface area contributed by atoms with Gasteiger partial charge in [-0.1, -0.05) is 13.3 Å². The predicted molar refractivity (Wildman–Crippen MR) is 46.6 cm³/mol. The molecule has 0 heterocycles. The van der Waals surface area contributed by atoms with E-state index in [4.69, 9.17) is 5.11 Å². The van der Waals surface area contributed by atoms with Crippen LogP contribution >= 0.6 is 0 Å². The van der Waals surface area contributed by atoms with Gasteiger partial charge < -0.3 is 5.11 Å². The molecule has 0 spiro atoms. The summed E-state index contributed by atoms with van der Waals surface area (Å²) >= 11 is 0. The molecule has 0 aliphatic carbocycles.